The molecule has 0 aliphatic carbocycles. The van der Waals surface area contributed by atoms with Crippen molar-refractivity contribution < 1.29 is 9.53 Å². The predicted octanol–water partition coefficient (Wildman–Crippen LogP) is 1.63. The Kier molecular flexibility index (Phi) is 4.95. The first-order valence-electron chi connectivity index (χ1n) is 8.26. The molecule has 5 nitrogen and oxygen atoms in total. The SMILES string of the molecule is CCN1CCNCC1CCOc1ccc2c(c1)CCC(=O)N2. The second-order valence-corrected chi connectivity index (χ2v) is 5.99. The van der Waals surface area contributed by atoms with Crippen LogP contribution in [-0.2, 0) is 11.2 Å². The molecule has 5 heteroatoms. The molecule has 0 radical (unpaired) electrons. The number of nitrogens with zero attached hydrogens (tertiary/aromatic N) is 1. The van der Waals surface area contributed by atoms with Crippen LogP contribution in [0.4, 0.5) is 5.69 Å². The Labute approximate surface area is 132 Å². The molecule has 2 aliphatic rings. The maximum atomic E-state index is 11.4. The molecule has 1 unspecified atom stereocenters. The predicted molar refractivity (Wildman–Crippen MR) is 87.4 cm³/mol. The smallest absolute Gasteiger partial charge is 0.224 e. The van der Waals surface area contributed by atoms with Gasteiger partial charge in [-0.1, -0.05) is 6.92 Å². The Balaban J connectivity index is 1.52. The van der Waals surface area contributed by atoms with E-state index in [1.807, 2.05) is 12.1 Å². The second kappa shape index (κ2) is 7.11. The molecule has 0 bridgehead atoms. The van der Waals surface area contributed by atoms with Crippen LogP contribution in [0.15, 0.2) is 18.2 Å². The number of carbonyl (C=O) groups excluding carboxylic acids is 1. The van der Waals surface area contributed by atoms with Gasteiger partial charge in [-0.25, -0.2) is 0 Å². The number of hydrogen-bond acceptors (Lipinski definition) is 4. The van der Waals surface area contributed by atoms with E-state index in [0.29, 0.717) is 12.5 Å². The molecule has 1 atom stereocenters. The Morgan fingerprint density at radius 3 is 3.14 bits per heavy atom. The third-order valence-corrected chi connectivity index (χ3v) is 4.57. The van der Waals surface area contributed by atoms with Crippen molar-refractivity contribution in [2.45, 2.75) is 32.2 Å². The lowest BCUT2D eigenvalue weighted by atomic mass is 10.0. The average molecular weight is 303 g/mol. The first-order chi connectivity index (χ1) is 10.8. The van der Waals surface area contributed by atoms with Gasteiger partial charge in [0.05, 0.1) is 6.61 Å². The number of nitrogens with one attached hydrogen (secondary N) is 2. The van der Waals surface area contributed by atoms with Crippen LogP contribution in [0.5, 0.6) is 5.75 Å². The number of benzene rings is 1. The van der Waals surface area contributed by atoms with Crippen molar-refractivity contribution in [3.63, 3.8) is 0 Å². The molecule has 0 saturated carbocycles. The minimum atomic E-state index is 0.102. The van der Waals surface area contributed by atoms with Crippen molar-refractivity contribution >= 4 is 11.6 Å². The molecule has 2 aliphatic heterocycles. The molecule has 1 aromatic rings. The van der Waals surface area contributed by atoms with Crippen LogP contribution in [0, 0.1) is 0 Å². The summed E-state index contributed by atoms with van der Waals surface area (Å²) in [6.07, 6.45) is 2.40. The fourth-order valence-electron chi connectivity index (χ4n) is 3.27. The zero-order valence-electron chi connectivity index (χ0n) is 13.2. The summed E-state index contributed by atoms with van der Waals surface area (Å²) in [5, 5.41) is 6.35. The average Bonchev–Trinajstić information content (AvgIpc) is 2.55. The molecule has 1 saturated heterocycles. The summed E-state index contributed by atoms with van der Waals surface area (Å²) in [6, 6.07) is 6.52. The topological polar surface area (TPSA) is 53.6 Å². The molecule has 3 rings (SSSR count). The van der Waals surface area contributed by atoms with Gasteiger partial charge < -0.3 is 15.4 Å². The minimum absolute atomic E-state index is 0.102. The van der Waals surface area contributed by atoms with Gasteiger partial charge in [0.1, 0.15) is 5.75 Å². The molecule has 0 aromatic heterocycles. The number of amides is 1. The Morgan fingerprint density at radius 1 is 1.36 bits per heavy atom. The third kappa shape index (κ3) is 3.59. The van der Waals surface area contributed by atoms with E-state index in [4.69, 9.17) is 4.74 Å². The number of anilines is 1. The summed E-state index contributed by atoms with van der Waals surface area (Å²) >= 11 is 0. The first kappa shape index (κ1) is 15.3. The molecular formula is C17H25N3O2. The number of piperazine rings is 1. The van der Waals surface area contributed by atoms with E-state index in [-0.39, 0.29) is 5.91 Å². The van der Waals surface area contributed by atoms with Gasteiger partial charge in [0, 0.05) is 37.8 Å². The number of fused-ring (bicyclic) bond motifs is 1. The molecule has 2 heterocycles. The van der Waals surface area contributed by atoms with Crippen molar-refractivity contribution in [1.82, 2.24) is 10.2 Å². The van der Waals surface area contributed by atoms with Gasteiger partial charge in [0.25, 0.3) is 0 Å². The van der Waals surface area contributed by atoms with E-state index in [0.717, 1.165) is 57.1 Å². The second-order valence-electron chi connectivity index (χ2n) is 5.99. The number of carbonyl (C=O) groups is 1. The van der Waals surface area contributed by atoms with Gasteiger partial charge in [-0.15, -0.1) is 0 Å². The lowest BCUT2D eigenvalue weighted by Crippen LogP contribution is -2.51. The quantitative estimate of drug-likeness (QED) is 0.868. The summed E-state index contributed by atoms with van der Waals surface area (Å²) in [5.74, 6) is 1.01. The number of aryl methyl sites for hydroxylation is 1. The van der Waals surface area contributed by atoms with Gasteiger partial charge in [0.15, 0.2) is 0 Å². The van der Waals surface area contributed by atoms with Gasteiger partial charge in [-0.2, -0.15) is 0 Å². The van der Waals surface area contributed by atoms with Crippen LogP contribution in [-0.4, -0.2) is 49.6 Å². The number of likely N-dealkylation sites (N-methyl/N-ethyl adjacent to an activating group) is 1. The maximum Gasteiger partial charge on any atom is 0.224 e. The molecular weight excluding hydrogens is 278 g/mol. The maximum absolute atomic E-state index is 11.4. The Hall–Kier alpha value is -1.59. The lowest BCUT2D eigenvalue weighted by Gasteiger charge is -2.35. The van der Waals surface area contributed by atoms with Gasteiger partial charge in [-0.05, 0) is 43.1 Å². The summed E-state index contributed by atoms with van der Waals surface area (Å²) in [7, 11) is 0. The monoisotopic (exact) mass is 303 g/mol. The van der Waals surface area contributed by atoms with Gasteiger partial charge >= 0.3 is 0 Å². The lowest BCUT2D eigenvalue weighted by molar-refractivity contribution is -0.116. The molecule has 1 fully saturated rings. The van der Waals surface area contributed by atoms with E-state index in [1.54, 1.807) is 0 Å². The number of hydrogen-bond donors (Lipinski definition) is 2. The first-order valence-corrected chi connectivity index (χ1v) is 8.26. The molecule has 1 aromatic carbocycles. The Bertz CT molecular complexity index is 533. The van der Waals surface area contributed by atoms with E-state index < -0.39 is 0 Å². The third-order valence-electron chi connectivity index (χ3n) is 4.57. The number of rotatable bonds is 5. The van der Waals surface area contributed by atoms with Crippen LogP contribution in [0.2, 0.25) is 0 Å². The van der Waals surface area contributed by atoms with E-state index in [1.165, 1.54) is 5.56 Å². The van der Waals surface area contributed by atoms with Crippen molar-refractivity contribution in [2.24, 2.45) is 0 Å². The fourth-order valence-corrected chi connectivity index (χ4v) is 3.27. The number of ether oxygens (including phenoxy) is 1. The van der Waals surface area contributed by atoms with Crippen molar-refractivity contribution in [1.29, 1.82) is 0 Å². The van der Waals surface area contributed by atoms with Gasteiger partial charge in [-0.3, -0.25) is 9.69 Å². The van der Waals surface area contributed by atoms with Crippen molar-refractivity contribution in [3.05, 3.63) is 23.8 Å². The van der Waals surface area contributed by atoms with Crippen LogP contribution in [0.25, 0.3) is 0 Å². The van der Waals surface area contributed by atoms with Crippen LogP contribution < -0.4 is 15.4 Å². The fraction of sp³-hybridized carbons (Fsp3) is 0.588. The van der Waals surface area contributed by atoms with Crippen molar-refractivity contribution in [2.75, 3.05) is 38.1 Å². The highest BCUT2D eigenvalue weighted by molar-refractivity contribution is 5.93. The summed E-state index contributed by atoms with van der Waals surface area (Å²) in [5.41, 5.74) is 2.10. The largest absolute Gasteiger partial charge is 0.494 e. The molecule has 22 heavy (non-hydrogen) atoms. The van der Waals surface area contributed by atoms with Crippen molar-refractivity contribution in [3.8, 4) is 5.75 Å². The highest BCUT2D eigenvalue weighted by atomic mass is 16.5. The highest BCUT2D eigenvalue weighted by Gasteiger charge is 2.20. The summed E-state index contributed by atoms with van der Waals surface area (Å²) in [6.45, 7) is 7.31. The Morgan fingerprint density at radius 2 is 2.27 bits per heavy atom. The molecule has 120 valence electrons. The van der Waals surface area contributed by atoms with E-state index >= 15 is 0 Å². The highest BCUT2D eigenvalue weighted by Crippen LogP contribution is 2.27. The summed E-state index contributed by atoms with van der Waals surface area (Å²) in [4.78, 5) is 13.9. The zero-order chi connectivity index (χ0) is 15.4. The summed E-state index contributed by atoms with van der Waals surface area (Å²) < 4.78 is 5.93. The molecule has 2 N–H and O–H groups in total. The van der Waals surface area contributed by atoms with Gasteiger partial charge in [0.2, 0.25) is 5.91 Å². The standard InChI is InChI=1S/C17H25N3O2/c1-2-20-9-8-18-12-14(20)7-10-22-15-4-5-16-13(11-15)3-6-17(21)19-16/h4-5,11,14,18H,2-3,6-10,12H2,1H3,(H,19,21). The normalized spacial score (nSPS) is 22.0. The van der Waals surface area contributed by atoms with Crippen LogP contribution in [0.3, 0.4) is 0 Å². The van der Waals surface area contributed by atoms with Crippen LogP contribution >= 0.6 is 0 Å². The van der Waals surface area contributed by atoms with E-state index in [9.17, 15) is 4.79 Å². The molecule has 1 amide bonds. The minimum Gasteiger partial charge on any atom is -0.494 e. The molecule has 0 spiro atoms. The van der Waals surface area contributed by atoms with E-state index in [2.05, 4.69) is 28.5 Å². The van der Waals surface area contributed by atoms with Crippen LogP contribution in [0.1, 0.15) is 25.3 Å². The zero-order valence-corrected chi connectivity index (χ0v) is 13.2.